The molecule has 150 valence electrons. The predicted octanol–water partition coefficient (Wildman–Crippen LogP) is 3.19. The third-order valence-electron chi connectivity index (χ3n) is 5.07. The number of halogens is 1. The third kappa shape index (κ3) is 3.98. The van der Waals surface area contributed by atoms with E-state index in [1.807, 2.05) is 0 Å². The van der Waals surface area contributed by atoms with Gasteiger partial charge in [-0.1, -0.05) is 12.1 Å². The van der Waals surface area contributed by atoms with E-state index in [-0.39, 0.29) is 24.1 Å². The van der Waals surface area contributed by atoms with Gasteiger partial charge in [-0.05, 0) is 44.0 Å². The predicted molar refractivity (Wildman–Crippen MR) is 103 cm³/mol. The zero-order chi connectivity index (χ0) is 21.2. The van der Waals surface area contributed by atoms with Gasteiger partial charge in [-0.3, -0.25) is 9.59 Å². The molecule has 0 unspecified atom stereocenters. The number of ketones is 1. The number of aromatic nitrogens is 1. The minimum absolute atomic E-state index is 0.178. The largest absolute Gasteiger partial charge is 0.464 e. The van der Waals surface area contributed by atoms with Crippen molar-refractivity contribution < 1.29 is 23.5 Å². The van der Waals surface area contributed by atoms with Gasteiger partial charge < -0.3 is 14.2 Å². The number of benzene rings is 1. The Hall–Kier alpha value is -2.96. The third-order valence-corrected chi connectivity index (χ3v) is 5.07. The van der Waals surface area contributed by atoms with Crippen LogP contribution in [0.15, 0.2) is 24.3 Å². The summed E-state index contributed by atoms with van der Waals surface area (Å²) in [6.07, 6.45) is 0. The molecule has 0 aliphatic rings. The average Bonchev–Trinajstić information content (AvgIpc) is 2.88. The molecule has 0 bridgehead atoms. The lowest BCUT2D eigenvalue weighted by Gasteiger charge is -2.27. The van der Waals surface area contributed by atoms with Crippen LogP contribution in [0.3, 0.4) is 0 Å². The van der Waals surface area contributed by atoms with Gasteiger partial charge in [0.05, 0.1) is 13.2 Å². The smallest absolute Gasteiger partial charge is 0.354 e. The Morgan fingerprint density at radius 3 is 2.25 bits per heavy atom. The summed E-state index contributed by atoms with van der Waals surface area (Å²) in [6.45, 7) is 6.65. The Balaban J connectivity index is 2.39. The van der Waals surface area contributed by atoms with Crippen LogP contribution in [0, 0.1) is 19.7 Å². The molecular weight excluding hydrogens is 363 g/mol. The van der Waals surface area contributed by atoms with Crippen molar-refractivity contribution in [1.82, 2.24) is 9.47 Å². The second-order valence-electron chi connectivity index (χ2n) is 6.80. The summed E-state index contributed by atoms with van der Waals surface area (Å²) in [5.41, 5.74) is 2.58. The number of hydrogen-bond acceptors (Lipinski definition) is 4. The molecule has 2 aromatic rings. The van der Waals surface area contributed by atoms with Gasteiger partial charge in [0.1, 0.15) is 11.5 Å². The maximum Gasteiger partial charge on any atom is 0.354 e. The number of Topliss-reactive ketones (excluding diaryl/α,β-unsaturated/α-hetero) is 1. The molecule has 1 atom stereocenters. The Morgan fingerprint density at radius 1 is 1.18 bits per heavy atom. The number of hydrogen-bond donors (Lipinski definition) is 0. The fourth-order valence-corrected chi connectivity index (χ4v) is 3.38. The molecule has 0 N–H and O–H groups in total. The topological polar surface area (TPSA) is 68.6 Å². The molecule has 0 aliphatic heterocycles. The van der Waals surface area contributed by atoms with Crippen LogP contribution < -0.4 is 0 Å². The number of carbonyl (C=O) groups excluding carboxylic acids is 3. The summed E-state index contributed by atoms with van der Waals surface area (Å²) in [5, 5.41) is 0. The lowest BCUT2D eigenvalue weighted by molar-refractivity contribution is -0.130. The summed E-state index contributed by atoms with van der Waals surface area (Å²) < 4.78 is 19.6. The molecule has 0 saturated carbocycles. The van der Waals surface area contributed by atoms with Crippen molar-refractivity contribution in [2.75, 3.05) is 7.11 Å². The van der Waals surface area contributed by atoms with Crippen molar-refractivity contribution in [2.24, 2.45) is 7.05 Å². The summed E-state index contributed by atoms with van der Waals surface area (Å²) >= 11 is 0. The number of carbonyl (C=O) groups is 3. The van der Waals surface area contributed by atoms with Crippen molar-refractivity contribution in [3.8, 4) is 0 Å². The fourth-order valence-electron chi connectivity index (χ4n) is 3.38. The van der Waals surface area contributed by atoms with Crippen LogP contribution in [0.2, 0.25) is 0 Å². The van der Waals surface area contributed by atoms with Crippen LogP contribution in [-0.4, -0.2) is 40.3 Å². The van der Waals surface area contributed by atoms with E-state index >= 15 is 0 Å². The molecular formula is C21H25FN2O4. The molecule has 1 amide bonds. The second kappa shape index (κ2) is 8.37. The molecule has 6 nitrogen and oxygen atoms in total. The van der Waals surface area contributed by atoms with E-state index in [4.69, 9.17) is 4.74 Å². The van der Waals surface area contributed by atoms with Gasteiger partial charge in [-0.15, -0.1) is 0 Å². The zero-order valence-corrected chi connectivity index (χ0v) is 17.0. The number of methoxy groups -OCH3 is 1. The molecule has 0 aliphatic carbocycles. The van der Waals surface area contributed by atoms with Crippen LogP contribution in [0.1, 0.15) is 51.5 Å². The van der Waals surface area contributed by atoms with E-state index in [2.05, 4.69) is 0 Å². The van der Waals surface area contributed by atoms with Gasteiger partial charge in [-0.25, -0.2) is 9.18 Å². The van der Waals surface area contributed by atoms with Gasteiger partial charge in [-0.2, -0.15) is 0 Å². The Bertz CT molecular complexity index is 915. The highest BCUT2D eigenvalue weighted by Crippen LogP contribution is 2.25. The number of rotatable bonds is 6. The van der Waals surface area contributed by atoms with E-state index in [1.54, 1.807) is 44.5 Å². The van der Waals surface area contributed by atoms with E-state index in [0.717, 1.165) is 0 Å². The summed E-state index contributed by atoms with van der Waals surface area (Å²) in [7, 11) is 2.98. The molecule has 0 saturated heterocycles. The maximum atomic E-state index is 13.2. The SMILES string of the molecule is COC(=O)c1c(C)c(C(=O)[C@@H](C)N(Cc2ccc(F)cc2)C(C)=O)c(C)n1C. The van der Waals surface area contributed by atoms with Crippen LogP contribution in [0.5, 0.6) is 0 Å². The quantitative estimate of drug-likeness (QED) is 0.563. The first-order chi connectivity index (χ1) is 13.1. The number of nitrogens with zero attached hydrogens (tertiary/aromatic N) is 2. The number of amides is 1. The van der Waals surface area contributed by atoms with Crippen molar-refractivity contribution in [2.45, 2.75) is 40.3 Å². The number of esters is 1. The van der Waals surface area contributed by atoms with Crippen LogP contribution >= 0.6 is 0 Å². The minimum atomic E-state index is -0.757. The van der Waals surface area contributed by atoms with Crippen molar-refractivity contribution >= 4 is 17.7 Å². The Morgan fingerprint density at radius 2 is 1.75 bits per heavy atom. The lowest BCUT2D eigenvalue weighted by atomic mass is 9.99. The molecule has 0 spiro atoms. The molecule has 0 fully saturated rings. The highest BCUT2D eigenvalue weighted by atomic mass is 19.1. The number of ether oxygens (including phenoxy) is 1. The fraction of sp³-hybridized carbons (Fsp3) is 0.381. The molecule has 7 heteroatoms. The molecule has 28 heavy (non-hydrogen) atoms. The highest BCUT2D eigenvalue weighted by molar-refractivity contribution is 6.06. The van der Waals surface area contributed by atoms with Crippen molar-refractivity contribution in [3.05, 3.63) is 58.2 Å². The molecule has 2 rings (SSSR count). The van der Waals surface area contributed by atoms with E-state index in [0.29, 0.717) is 28.1 Å². The van der Waals surface area contributed by atoms with Gasteiger partial charge in [0.15, 0.2) is 5.78 Å². The Labute approximate surface area is 163 Å². The maximum absolute atomic E-state index is 13.2. The lowest BCUT2D eigenvalue weighted by Crippen LogP contribution is -2.42. The summed E-state index contributed by atoms with van der Waals surface area (Å²) in [6, 6.07) is 5.03. The highest BCUT2D eigenvalue weighted by Gasteiger charge is 2.31. The van der Waals surface area contributed by atoms with E-state index < -0.39 is 12.0 Å². The van der Waals surface area contributed by atoms with Gasteiger partial charge >= 0.3 is 5.97 Å². The summed E-state index contributed by atoms with van der Waals surface area (Å²) in [5.74, 6) is -1.43. The van der Waals surface area contributed by atoms with Gasteiger partial charge in [0.2, 0.25) is 5.91 Å². The first kappa shape index (κ1) is 21.3. The summed E-state index contributed by atoms with van der Waals surface area (Å²) in [4.78, 5) is 38.9. The molecule has 1 heterocycles. The zero-order valence-electron chi connectivity index (χ0n) is 17.0. The van der Waals surface area contributed by atoms with E-state index in [9.17, 15) is 18.8 Å². The van der Waals surface area contributed by atoms with Gasteiger partial charge in [0, 0.05) is 31.8 Å². The second-order valence-corrected chi connectivity index (χ2v) is 6.80. The van der Waals surface area contributed by atoms with Crippen LogP contribution in [0.25, 0.3) is 0 Å². The normalized spacial score (nSPS) is 11.8. The monoisotopic (exact) mass is 388 g/mol. The van der Waals surface area contributed by atoms with Crippen LogP contribution in [-0.2, 0) is 23.1 Å². The Kier molecular flexibility index (Phi) is 6.38. The molecule has 1 aromatic carbocycles. The molecule has 0 radical (unpaired) electrons. The van der Waals surface area contributed by atoms with Crippen LogP contribution in [0.4, 0.5) is 4.39 Å². The van der Waals surface area contributed by atoms with E-state index in [1.165, 1.54) is 31.1 Å². The first-order valence-electron chi connectivity index (χ1n) is 8.90. The van der Waals surface area contributed by atoms with Crippen molar-refractivity contribution in [3.63, 3.8) is 0 Å². The minimum Gasteiger partial charge on any atom is -0.464 e. The van der Waals surface area contributed by atoms with Gasteiger partial charge in [0.25, 0.3) is 0 Å². The average molecular weight is 388 g/mol. The standard InChI is InChI=1S/C21H25FN2O4/c1-12-18(13(2)23(5)19(12)21(27)28-6)20(26)14(3)24(15(4)25)11-16-7-9-17(22)10-8-16/h7-10,14H,11H2,1-6H3/t14-/m1/s1. The first-order valence-corrected chi connectivity index (χ1v) is 8.90. The molecule has 1 aromatic heterocycles. The van der Waals surface area contributed by atoms with Crippen molar-refractivity contribution in [1.29, 1.82) is 0 Å².